The molecular weight excluding hydrogens is 277 g/mol. The van der Waals surface area contributed by atoms with Gasteiger partial charge in [-0.1, -0.05) is 6.92 Å². The average Bonchev–Trinajstić information content (AvgIpc) is 2.92. The second-order valence-electron chi connectivity index (χ2n) is 4.04. The Morgan fingerprint density at radius 3 is 2.63 bits per heavy atom. The van der Waals surface area contributed by atoms with Crippen molar-refractivity contribution in [2.45, 2.75) is 19.5 Å². The summed E-state index contributed by atoms with van der Waals surface area (Å²) in [5.41, 5.74) is -0.450. The second-order valence-corrected chi connectivity index (χ2v) is 4.79. The van der Waals surface area contributed by atoms with Gasteiger partial charge >= 0.3 is 6.18 Å². The van der Waals surface area contributed by atoms with Crippen LogP contribution in [0, 0.1) is 0 Å². The molecule has 2 rings (SSSR count). The number of hydrogen-bond donors (Lipinski definition) is 0. The summed E-state index contributed by atoms with van der Waals surface area (Å²) in [6.45, 7) is 1.80. The predicted octanol–water partition coefficient (Wildman–Crippen LogP) is 3.29. The van der Waals surface area contributed by atoms with Crippen LogP contribution in [0.25, 0.3) is 0 Å². The van der Waals surface area contributed by atoms with Gasteiger partial charge in [0, 0.05) is 29.6 Å². The van der Waals surface area contributed by atoms with Gasteiger partial charge in [-0.25, -0.2) is 0 Å². The van der Waals surface area contributed by atoms with Crippen molar-refractivity contribution in [1.82, 2.24) is 9.78 Å². The zero-order chi connectivity index (χ0) is 14.2. The molecule has 0 amide bonds. The molecule has 19 heavy (non-hydrogen) atoms. The Morgan fingerprint density at radius 1 is 1.37 bits per heavy atom. The number of aromatic nitrogens is 2. The van der Waals surface area contributed by atoms with Gasteiger partial charge in [0.1, 0.15) is 0 Å². The highest BCUT2D eigenvalue weighted by molar-refractivity contribution is 7.08. The smallest absolute Gasteiger partial charge is 0.288 e. The second kappa shape index (κ2) is 4.80. The number of carbonyl (C=O) groups excluding carboxylic acids is 1. The van der Waals surface area contributed by atoms with Crippen molar-refractivity contribution in [2.75, 3.05) is 0 Å². The average molecular weight is 288 g/mol. The quantitative estimate of drug-likeness (QED) is 0.812. The molecule has 0 spiro atoms. The van der Waals surface area contributed by atoms with E-state index in [2.05, 4.69) is 5.10 Å². The van der Waals surface area contributed by atoms with E-state index in [9.17, 15) is 18.0 Å². The normalized spacial score (nSPS) is 11.8. The molecule has 0 unspecified atom stereocenters. The molecule has 0 aromatic carbocycles. The minimum absolute atomic E-state index is 0.230. The molecule has 2 heterocycles. The Balaban J connectivity index is 2.48. The van der Waals surface area contributed by atoms with Gasteiger partial charge in [-0.05, 0) is 6.42 Å². The molecular formula is C12H11F3N2OS. The van der Waals surface area contributed by atoms with Crippen molar-refractivity contribution in [1.29, 1.82) is 0 Å². The first kappa shape index (κ1) is 13.8. The lowest BCUT2D eigenvalue weighted by Gasteiger charge is -2.06. The first-order chi connectivity index (χ1) is 8.84. The van der Waals surface area contributed by atoms with E-state index in [1.54, 1.807) is 14.0 Å². The number of carbonyl (C=O) groups is 1. The Bertz CT molecular complexity index is 613. The van der Waals surface area contributed by atoms with E-state index in [1.165, 1.54) is 16.3 Å². The van der Waals surface area contributed by atoms with Crippen LogP contribution in [0.2, 0.25) is 0 Å². The van der Waals surface area contributed by atoms with E-state index < -0.39 is 17.5 Å². The molecule has 0 aliphatic carbocycles. The van der Waals surface area contributed by atoms with Gasteiger partial charge in [-0.2, -0.15) is 29.6 Å². The number of nitrogens with zero attached hydrogens (tertiary/aromatic N) is 2. The van der Waals surface area contributed by atoms with Gasteiger partial charge < -0.3 is 0 Å². The molecule has 0 saturated heterocycles. The summed E-state index contributed by atoms with van der Waals surface area (Å²) in [6.07, 6.45) is -2.56. The van der Waals surface area contributed by atoms with Gasteiger partial charge in [0.05, 0.1) is 16.8 Å². The summed E-state index contributed by atoms with van der Waals surface area (Å²) in [4.78, 5) is 12.2. The van der Waals surface area contributed by atoms with Crippen LogP contribution in [0.15, 0.2) is 17.0 Å². The number of halogens is 3. The highest BCUT2D eigenvalue weighted by atomic mass is 32.1. The van der Waals surface area contributed by atoms with Crippen molar-refractivity contribution >= 4 is 17.1 Å². The van der Waals surface area contributed by atoms with Crippen LogP contribution in [-0.2, 0) is 19.6 Å². The zero-order valence-corrected chi connectivity index (χ0v) is 11.1. The highest BCUT2D eigenvalue weighted by Gasteiger charge is 2.36. The molecule has 0 saturated carbocycles. The molecule has 0 aliphatic rings. The maximum absolute atomic E-state index is 12.8. The van der Waals surface area contributed by atoms with Gasteiger partial charge in [-0.15, -0.1) is 0 Å². The van der Waals surface area contributed by atoms with Crippen molar-refractivity contribution in [3.63, 3.8) is 0 Å². The molecule has 2 aromatic rings. The van der Waals surface area contributed by atoms with E-state index in [0.717, 1.165) is 16.7 Å². The van der Waals surface area contributed by atoms with Crippen LogP contribution >= 0.6 is 11.3 Å². The molecule has 0 radical (unpaired) electrons. The Hall–Kier alpha value is -1.63. The van der Waals surface area contributed by atoms with Crippen molar-refractivity contribution in [3.8, 4) is 0 Å². The summed E-state index contributed by atoms with van der Waals surface area (Å²) in [6, 6.07) is 0. The third kappa shape index (κ3) is 2.56. The van der Waals surface area contributed by atoms with Crippen LogP contribution < -0.4 is 0 Å². The topological polar surface area (TPSA) is 34.9 Å². The Kier molecular flexibility index (Phi) is 3.49. The van der Waals surface area contributed by atoms with Crippen molar-refractivity contribution < 1.29 is 18.0 Å². The molecule has 3 nitrogen and oxygen atoms in total. The fourth-order valence-electron chi connectivity index (χ4n) is 1.82. The lowest BCUT2D eigenvalue weighted by Crippen LogP contribution is -2.12. The zero-order valence-electron chi connectivity index (χ0n) is 10.3. The van der Waals surface area contributed by atoms with Gasteiger partial charge in [0.2, 0.25) is 0 Å². The molecule has 0 atom stereocenters. The summed E-state index contributed by atoms with van der Waals surface area (Å²) < 4.78 is 39.8. The third-order valence-electron chi connectivity index (χ3n) is 2.70. The molecule has 0 fully saturated rings. The molecule has 102 valence electrons. The number of thiophene rings is 1. The lowest BCUT2D eigenvalue weighted by molar-refractivity contribution is -0.137. The van der Waals surface area contributed by atoms with Gasteiger partial charge in [0.25, 0.3) is 0 Å². The van der Waals surface area contributed by atoms with Crippen LogP contribution in [0.1, 0.15) is 34.1 Å². The number of aryl methyl sites for hydroxylation is 2. The summed E-state index contributed by atoms with van der Waals surface area (Å²) in [5, 5.41) is 6.26. The molecule has 0 aliphatic heterocycles. The van der Waals surface area contributed by atoms with Crippen LogP contribution in [0.5, 0.6) is 0 Å². The first-order valence-corrected chi connectivity index (χ1v) is 6.49. The van der Waals surface area contributed by atoms with E-state index in [1.807, 2.05) is 0 Å². The number of rotatable bonds is 3. The standard InChI is InChI=1S/C12H11F3N2OS/c1-3-10-7(4-17(2)16-10)11(18)8-5-19-6-9(8)12(13,14)15/h4-6H,3H2,1-2H3. The van der Waals surface area contributed by atoms with Gasteiger partial charge in [0.15, 0.2) is 5.78 Å². The summed E-state index contributed by atoms with van der Waals surface area (Å²) in [7, 11) is 1.63. The minimum atomic E-state index is -4.51. The van der Waals surface area contributed by atoms with E-state index in [4.69, 9.17) is 0 Å². The molecule has 7 heteroatoms. The van der Waals surface area contributed by atoms with Crippen LogP contribution in [-0.4, -0.2) is 15.6 Å². The van der Waals surface area contributed by atoms with Gasteiger partial charge in [-0.3, -0.25) is 9.48 Å². The number of ketones is 1. The largest absolute Gasteiger partial charge is 0.417 e. The minimum Gasteiger partial charge on any atom is -0.288 e. The summed E-state index contributed by atoms with van der Waals surface area (Å²) in [5.74, 6) is -0.626. The molecule has 0 bridgehead atoms. The van der Waals surface area contributed by atoms with Crippen LogP contribution in [0.4, 0.5) is 13.2 Å². The van der Waals surface area contributed by atoms with E-state index in [0.29, 0.717) is 12.1 Å². The third-order valence-corrected chi connectivity index (χ3v) is 3.44. The highest BCUT2D eigenvalue weighted by Crippen LogP contribution is 2.35. The fourth-order valence-corrected chi connectivity index (χ4v) is 2.66. The number of hydrogen-bond acceptors (Lipinski definition) is 3. The Labute approximate surface area is 111 Å². The molecule has 2 aromatic heterocycles. The SMILES string of the molecule is CCc1nn(C)cc1C(=O)c1cscc1C(F)(F)F. The van der Waals surface area contributed by atoms with Crippen LogP contribution in [0.3, 0.4) is 0 Å². The van der Waals surface area contributed by atoms with E-state index >= 15 is 0 Å². The maximum Gasteiger partial charge on any atom is 0.417 e. The lowest BCUT2D eigenvalue weighted by atomic mass is 10.0. The monoisotopic (exact) mass is 288 g/mol. The molecule has 0 N–H and O–H groups in total. The van der Waals surface area contributed by atoms with Crippen molar-refractivity contribution in [2.24, 2.45) is 7.05 Å². The van der Waals surface area contributed by atoms with Crippen molar-refractivity contribution in [3.05, 3.63) is 39.3 Å². The number of alkyl halides is 3. The van der Waals surface area contributed by atoms with E-state index in [-0.39, 0.29) is 11.1 Å². The fraction of sp³-hybridized carbons (Fsp3) is 0.333. The maximum atomic E-state index is 12.8. The first-order valence-electron chi connectivity index (χ1n) is 5.55. The summed E-state index contributed by atoms with van der Waals surface area (Å²) >= 11 is 0.868. The Morgan fingerprint density at radius 2 is 2.05 bits per heavy atom. The predicted molar refractivity (Wildman–Crippen MR) is 65.3 cm³/mol.